The predicted molar refractivity (Wildman–Crippen MR) is 193 cm³/mol. The fourth-order valence-electron chi connectivity index (χ4n) is 5.20. The molecule has 1 N–H and O–H groups in total. The van der Waals surface area contributed by atoms with Crippen molar-refractivity contribution < 1.29 is 37.6 Å². The second-order valence-electron chi connectivity index (χ2n) is 12.6. The number of esters is 2. The summed E-state index contributed by atoms with van der Waals surface area (Å²) in [5, 5.41) is 0. The van der Waals surface area contributed by atoms with E-state index in [1.54, 1.807) is 6.92 Å². The fraction of sp³-hybridized carbons (Fsp3) is 0.842. The van der Waals surface area contributed by atoms with Gasteiger partial charge >= 0.3 is 19.8 Å². The Bertz CT molecular complexity index is 829. The minimum absolute atomic E-state index is 0.000903. The van der Waals surface area contributed by atoms with E-state index in [4.69, 9.17) is 18.5 Å². The van der Waals surface area contributed by atoms with E-state index >= 15 is 0 Å². The molecule has 276 valence electrons. The summed E-state index contributed by atoms with van der Waals surface area (Å²) in [4.78, 5) is 34.6. The standard InChI is InChI=1S/C38H71O8P/c1-4-7-9-11-13-15-17-19-21-22-24-26-28-30-32-37(39)43-34-36(35-45-47(41,42)44-6-3)46-38(40)33-31-29-27-25-23-20-18-16-14-12-10-8-5-2/h10,12,16,18,36H,4-9,11,13-15,17,19-35H2,1-3H3,(H,41,42)/b12-10-,18-16-. The van der Waals surface area contributed by atoms with E-state index in [0.717, 1.165) is 64.2 Å². The van der Waals surface area contributed by atoms with Crippen LogP contribution in [-0.2, 0) is 32.7 Å². The number of phosphoric acid groups is 1. The smallest absolute Gasteiger partial charge is 0.462 e. The van der Waals surface area contributed by atoms with Crippen molar-refractivity contribution in [2.45, 2.75) is 187 Å². The van der Waals surface area contributed by atoms with Crippen LogP contribution in [-0.4, -0.2) is 42.8 Å². The molecule has 0 saturated carbocycles. The number of allylic oxidation sites excluding steroid dienone is 4. The zero-order chi connectivity index (χ0) is 34.7. The van der Waals surface area contributed by atoms with Crippen LogP contribution in [0, 0.1) is 0 Å². The van der Waals surface area contributed by atoms with Crippen LogP contribution >= 0.6 is 7.82 Å². The zero-order valence-corrected chi connectivity index (χ0v) is 31.3. The molecule has 2 unspecified atom stereocenters. The Labute approximate surface area is 288 Å². The summed E-state index contributed by atoms with van der Waals surface area (Å²) in [6.07, 6.45) is 35.1. The van der Waals surface area contributed by atoms with Crippen LogP contribution in [0.4, 0.5) is 0 Å². The lowest BCUT2D eigenvalue weighted by molar-refractivity contribution is -0.161. The molecule has 0 fully saturated rings. The largest absolute Gasteiger partial charge is 0.472 e. The third-order valence-corrected chi connectivity index (χ3v) is 9.05. The maximum absolute atomic E-state index is 12.5. The van der Waals surface area contributed by atoms with E-state index in [0.29, 0.717) is 12.8 Å². The molecule has 0 aromatic carbocycles. The van der Waals surface area contributed by atoms with Gasteiger partial charge in [-0.15, -0.1) is 0 Å². The molecular formula is C38H71O8P. The second-order valence-corrected chi connectivity index (χ2v) is 14.1. The quantitative estimate of drug-likeness (QED) is 0.0304. The van der Waals surface area contributed by atoms with Gasteiger partial charge in [-0.3, -0.25) is 18.6 Å². The Morgan fingerprint density at radius 1 is 0.574 bits per heavy atom. The van der Waals surface area contributed by atoms with Crippen molar-refractivity contribution in [2.24, 2.45) is 0 Å². The van der Waals surface area contributed by atoms with Crippen molar-refractivity contribution in [3.63, 3.8) is 0 Å². The molecule has 0 bridgehead atoms. The Hall–Kier alpha value is -1.47. The highest BCUT2D eigenvalue weighted by atomic mass is 31.2. The van der Waals surface area contributed by atoms with Crippen molar-refractivity contribution in [3.05, 3.63) is 24.3 Å². The van der Waals surface area contributed by atoms with Crippen LogP contribution in [0.5, 0.6) is 0 Å². The van der Waals surface area contributed by atoms with Gasteiger partial charge in [-0.1, -0.05) is 147 Å². The van der Waals surface area contributed by atoms with Gasteiger partial charge in [-0.2, -0.15) is 0 Å². The SMILES string of the molecule is CCC/C=C\C/C=C\CCCCCCCC(=O)OC(COC(=O)CCCCCCCCCCCCCCCC)COP(=O)(O)OCC. The van der Waals surface area contributed by atoms with Gasteiger partial charge in [0.1, 0.15) is 6.61 Å². The Morgan fingerprint density at radius 2 is 1.06 bits per heavy atom. The highest BCUT2D eigenvalue weighted by Gasteiger charge is 2.25. The normalized spacial score (nSPS) is 13.7. The summed E-state index contributed by atoms with van der Waals surface area (Å²) < 4.78 is 32.5. The minimum Gasteiger partial charge on any atom is -0.462 e. The van der Waals surface area contributed by atoms with Gasteiger partial charge in [0, 0.05) is 12.8 Å². The molecule has 0 aliphatic carbocycles. The monoisotopic (exact) mass is 686 g/mol. The first kappa shape index (κ1) is 45.5. The average Bonchev–Trinajstić information content (AvgIpc) is 3.04. The highest BCUT2D eigenvalue weighted by Crippen LogP contribution is 2.43. The van der Waals surface area contributed by atoms with E-state index in [9.17, 15) is 19.0 Å². The van der Waals surface area contributed by atoms with Crippen molar-refractivity contribution >= 4 is 19.8 Å². The van der Waals surface area contributed by atoms with E-state index in [1.165, 1.54) is 77.0 Å². The van der Waals surface area contributed by atoms with E-state index in [-0.39, 0.29) is 25.6 Å². The van der Waals surface area contributed by atoms with E-state index < -0.39 is 26.5 Å². The Balaban J connectivity index is 4.15. The first-order chi connectivity index (χ1) is 22.8. The van der Waals surface area contributed by atoms with Crippen molar-refractivity contribution in [1.82, 2.24) is 0 Å². The molecule has 0 aromatic rings. The topological polar surface area (TPSA) is 108 Å². The lowest BCUT2D eigenvalue weighted by Gasteiger charge is -2.19. The summed E-state index contributed by atoms with van der Waals surface area (Å²) in [7, 11) is -4.27. The summed E-state index contributed by atoms with van der Waals surface area (Å²) in [5.41, 5.74) is 0. The summed E-state index contributed by atoms with van der Waals surface area (Å²) in [6.45, 7) is 5.39. The predicted octanol–water partition coefficient (Wildman–Crippen LogP) is 11.5. The summed E-state index contributed by atoms with van der Waals surface area (Å²) in [5.74, 6) is -0.811. The lowest BCUT2D eigenvalue weighted by atomic mass is 10.0. The minimum atomic E-state index is -4.27. The van der Waals surface area contributed by atoms with Crippen LogP contribution in [0.15, 0.2) is 24.3 Å². The van der Waals surface area contributed by atoms with Gasteiger partial charge in [0.15, 0.2) is 6.10 Å². The number of carbonyl (C=O) groups is 2. The van der Waals surface area contributed by atoms with Gasteiger partial charge in [0.2, 0.25) is 0 Å². The molecular weight excluding hydrogens is 615 g/mol. The molecule has 8 nitrogen and oxygen atoms in total. The number of phosphoric ester groups is 1. The molecule has 0 spiro atoms. The number of hydrogen-bond donors (Lipinski definition) is 1. The summed E-state index contributed by atoms with van der Waals surface area (Å²) in [6, 6.07) is 0. The van der Waals surface area contributed by atoms with Crippen LogP contribution in [0.25, 0.3) is 0 Å². The maximum atomic E-state index is 12.5. The molecule has 2 atom stereocenters. The van der Waals surface area contributed by atoms with Gasteiger partial charge in [-0.25, -0.2) is 4.57 Å². The lowest BCUT2D eigenvalue weighted by Crippen LogP contribution is -2.29. The highest BCUT2D eigenvalue weighted by molar-refractivity contribution is 7.47. The van der Waals surface area contributed by atoms with Crippen LogP contribution in [0.3, 0.4) is 0 Å². The maximum Gasteiger partial charge on any atom is 0.472 e. The van der Waals surface area contributed by atoms with E-state index in [1.807, 2.05) is 0 Å². The molecule has 0 radical (unpaired) electrons. The molecule has 0 aliphatic heterocycles. The van der Waals surface area contributed by atoms with Crippen molar-refractivity contribution in [3.8, 4) is 0 Å². The number of carbonyl (C=O) groups excluding carboxylic acids is 2. The fourth-order valence-corrected chi connectivity index (χ4v) is 5.95. The van der Waals surface area contributed by atoms with Crippen LogP contribution in [0.2, 0.25) is 0 Å². The molecule has 9 heteroatoms. The van der Waals surface area contributed by atoms with E-state index in [2.05, 4.69) is 38.2 Å². The Kier molecular flexibility index (Phi) is 33.3. The molecule has 0 rings (SSSR count). The molecule has 0 saturated heterocycles. The third kappa shape index (κ3) is 34.2. The van der Waals surface area contributed by atoms with Crippen molar-refractivity contribution in [1.29, 1.82) is 0 Å². The number of ether oxygens (including phenoxy) is 2. The molecule has 0 aliphatic rings. The zero-order valence-electron chi connectivity index (χ0n) is 30.4. The number of unbranched alkanes of at least 4 members (excludes halogenated alkanes) is 19. The second kappa shape index (κ2) is 34.4. The van der Waals surface area contributed by atoms with Gasteiger partial charge in [0.05, 0.1) is 13.2 Å². The first-order valence-electron chi connectivity index (χ1n) is 19.1. The Morgan fingerprint density at radius 3 is 1.60 bits per heavy atom. The van der Waals surface area contributed by atoms with Gasteiger partial charge in [0.25, 0.3) is 0 Å². The summed E-state index contributed by atoms with van der Waals surface area (Å²) >= 11 is 0. The van der Waals surface area contributed by atoms with Crippen LogP contribution < -0.4 is 0 Å². The molecule has 47 heavy (non-hydrogen) atoms. The first-order valence-corrected chi connectivity index (χ1v) is 20.6. The van der Waals surface area contributed by atoms with Gasteiger partial charge in [-0.05, 0) is 45.4 Å². The molecule has 0 heterocycles. The third-order valence-electron chi connectivity index (χ3n) is 7.99. The van der Waals surface area contributed by atoms with Gasteiger partial charge < -0.3 is 14.4 Å². The average molecular weight is 687 g/mol. The molecule has 0 amide bonds. The number of rotatable bonds is 35. The van der Waals surface area contributed by atoms with Crippen LogP contribution in [0.1, 0.15) is 181 Å². The number of hydrogen-bond acceptors (Lipinski definition) is 7. The van der Waals surface area contributed by atoms with Crippen molar-refractivity contribution in [2.75, 3.05) is 19.8 Å². The molecule has 0 aromatic heterocycles.